The van der Waals surface area contributed by atoms with Gasteiger partial charge in [-0.05, 0) is 19.1 Å². The summed E-state index contributed by atoms with van der Waals surface area (Å²) >= 11 is 1.14. The summed E-state index contributed by atoms with van der Waals surface area (Å²) in [5.74, 6) is -0.232. The molecule has 88 valence electrons. The van der Waals surface area contributed by atoms with Crippen molar-refractivity contribution in [1.29, 1.82) is 0 Å². The van der Waals surface area contributed by atoms with Crippen molar-refractivity contribution in [3.63, 3.8) is 0 Å². The molecule has 0 saturated carbocycles. The van der Waals surface area contributed by atoms with Crippen LogP contribution in [-0.2, 0) is 0 Å². The molecule has 0 aliphatic carbocycles. The van der Waals surface area contributed by atoms with Crippen molar-refractivity contribution in [2.24, 2.45) is 0 Å². The average molecular weight is 249 g/mol. The van der Waals surface area contributed by atoms with Gasteiger partial charge in [0.05, 0.1) is 18.4 Å². The maximum absolute atomic E-state index is 10.8. The molecule has 2 aromatic rings. The molecule has 5 heteroatoms. The second-order valence-corrected chi connectivity index (χ2v) is 4.29. The van der Waals surface area contributed by atoms with Crippen molar-refractivity contribution >= 4 is 17.3 Å². The van der Waals surface area contributed by atoms with E-state index in [2.05, 4.69) is 4.98 Å². The summed E-state index contributed by atoms with van der Waals surface area (Å²) in [5.41, 5.74) is 0.826. The van der Waals surface area contributed by atoms with Gasteiger partial charge in [-0.15, -0.1) is 11.3 Å². The number of aromatic nitrogens is 1. The summed E-state index contributed by atoms with van der Waals surface area (Å²) in [6.45, 7) is 2.47. The van der Waals surface area contributed by atoms with Crippen LogP contribution in [0.25, 0.3) is 10.6 Å². The molecule has 0 aliphatic rings. The highest BCUT2D eigenvalue weighted by Gasteiger charge is 2.13. The van der Waals surface area contributed by atoms with Crippen molar-refractivity contribution in [3.05, 3.63) is 35.3 Å². The highest BCUT2D eigenvalue weighted by molar-refractivity contribution is 7.16. The first kappa shape index (κ1) is 11.6. The molecule has 0 spiro atoms. The second-order valence-electron chi connectivity index (χ2n) is 3.26. The topological polar surface area (TPSA) is 59.4 Å². The van der Waals surface area contributed by atoms with Gasteiger partial charge in [0.15, 0.2) is 0 Å². The molecule has 0 fully saturated rings. The van der Waals surface area contributed by atoms with Crippen LogP contribution < -0.4 is 4.74 Å². The SMILES string of the molecule is CCOc1ccccc1-c1ncc(C(=O)O)s1. The fourth-order valence-corrected chi connectivity index (χ4v) is 2.21. The van der Waals surface area contributed by atoms with Crippen LogP contribution in [-0.4, -0.2) is 22.7 Å². The predicted molar refractivity (Wildman–Crippen MR) is 65.7 cm³/mol. The van der Waals surface area contributed by atoms with Crippen LogP contribution in [0, 0.1) is 0 Å². The lowest BCUT2D eigenvalue weighted by molar-refractivity contribution is 0.0702. The van der Waals surface area contributed by atoms with Gasteiger partial charge in [0, 0.05) is 0 Å². The molecule has 4 nitrogen and oxygen atoms in total. The third-order valence-electron chi connectivity index (χ3n) is 2.13. The Morgan fingerprint density at radius 2 is 2.24 bits per heavy atom. The van der Waals surface area contributed by atoms with E-state index < -0.39 is 5.97 Å². The van der Waals surface area contributed by atoms with E-state index in [0.717, 1.165) is 22.6 Å². The Kier molecular flexibility index (Phi) is 3.39. The van der Waals surface area contributed by atoms with Gasteiger partial charge in [0.1, 0.15) is 15.6 Å². The molecule has 17 heavy (non-hydrogen) atoms. The van der Waals surface area contributed by atoms with E-state index in [1.165, 1.54) is 6.20 Å². The van der Waals surface area contributed by atoms with Crippen molar-refractivity contribution in [2.75, 3.05) is 6.61 Å². The zero-order chi connectivity index (χ0) is 12.3. The Hall–Kier alpha value is -1.88. The van der Waals surface area contributed by atoms with Gasteiger partial charge in [0.25, 0.3) is 0 Å². The molecule has 2 rings (SSSR count). The molecular formula is C12H11NO3S. The molecule has 0 unspecified atom stereocenters. The second kappa shape index (κ2) is 4.97. The summed E-state index contributed by atoms with van der Waals surface area (Å²) < 4.78 is 5.48. The summed E-state index contributed by atoms with van der Waals surface area (Å²) in [6.07, 6.45) is 1.37. The molecule has 0 bridgehead atoms. The molecule has 0 amide bonds. The van der Waals surface area contributed by atoms with Gasteiger partial charge in [-0.25, -0.2) is 9.78 Å². The highest BCUT2D eigenvalue weighted by atomic mass is 32.1. The minimum absolute atomic E-state index is 0.228. The van der Waals surface area contributed by atoms with E-state index in [1.54, 1.807) is 0 Å². The van der Waals surface area contributed by atoms with Gasteiger partial charge < -0.3 is 9.84 Å². The Morgan fingerprint density at radius 3 is 2.88 bits per heavy atom. The number of para-hydroxylation sites is 1. The first-order valence-electron chi connectivity index (χ1n) is 5.13. The number of thiazole rings is 1. The minimum Gasteiger partial charge on any atom is -0.493 e. The number of carbonyl (C=O) groups is 1. The largest absolute Gasteiger partial charge is 0.493 e. The normalized spacial score (nSPS) is 10.2. The molecule has 0 radical (unpaired) electrons. The molecular weight excluding hydrogens is 238 g/mol. The number of carboxylic acids is 1. The fraction of sp³-hybridized carbons (Fsp3) is 0.167. The Balaban J connectivity index is 2.41. The summed E-state index contributed by atoms with van der Waals surface area (Å²) in [6, 6.07) is 7.47. The van der Waals surface area contributed by atoms with Gasteiger partial charge in [-0.3, -0.25) is 0 Å². The van der Waals surface area contributed by atoms with Crippen molar-refractivity contribution in [1.82, 2.24) is 4.98 Å². The van der Waals surface area contributed by atoms with Gasteiger partial charge in [0.2, 0.25) is 0 Å². The monoisotopic (exact) mass is 249 g/mol. The van der Waals surface area contributed by atoms with Gasteiger partial charge in [-0.1, -0.05) is 12.1 Å². The van der Waals surface area contributed by atoms with Gasteiger partial charge in [-0.2, -0.15) is 0 Å². The van der Waals surface area contributed by atoms with Crippen molar-refractivity contribution < 1.29 is 14.6 Å². The molecule has 0 atom stereocenters. The summed E-state index contributed by atoms with van der Waals surface area (Å²) in [7, 11) is 0. The van der Waals surface area contributed by atoms with Crippen LogP contribution in [0.4, 0.5) is 0 Å². The number of benzene rings is 1. The minimum atomic E-state index is -0.956. The quantitative estimate of drug-likeness (QED) is 0.905. The lowest BCUT2D eigenvalue weighted by Gasteiger charge is -2.06. The molecule has 1 heterocycles. The first-order valence-corrected chi connectivity index (χ1v) is 5.95. The Labute approximate surface area is 103 Å². The highest BCUT2D eigenvalue weighted by Crippen LogP contribution is 2.32. The zero-order valence-electron chi connectivity index (χ0n) is 9.21. The molecule has 1 N–H and O–H groups in total. The zero-order valence-corrected chi connectivity index (χ0v) is 10.0. The number of hydrogen-bond acceptors (Lipinski definition) is 4. The van der Waals surface area contributed by atoms with Crippen LogP contribution in [0.3, 0.4) is 0 Å². The number of carboxylic acid groups (broad SMARTS) is 1. The molecule has 0 saturated heterocycles. The lowest BCUT2D eigenvalue weighted by atomic mass is 10.2. The van der Waals surface area contributed by atoms with Crippen LogP contribution in [0.5, 0.6) is 5.75 Å². The molecule has 1 aromatic heterocycles. The molecule has 0 aliphatic heterocycles. The number of ether oxygens (including phenoxy) is 1. The number of hydrogen-bond donors (Lipinski definition) is 1. The average Bonchev–Trinajstić information content (AvgIpc) is 2.79. The van der Waals surface area contributed by atoms with Crippen LogP contribution in [0.2, 0.25) is 0 Å². The number of aromatic carboxylic acids is 1. The van der Waals surface area contributed by atoms with Crippen molar-refractivity contribution in [2.45, 2.75) is 6.92 Å². The molecule has 1 aromatic carbocycles. The predicted octanol–water partition coefficient (Wildman–Crippen LogP) is 2.91. The van der Waals surface area contributed by atoms with Crippen LogP contribution in [0.1, 0.15) is 16.6 Å². The number of nitrogens with zero attached hydrogens (tertiary/aromatic N) is 1. The Morgan fingerprint density at radius 1 is 1.47 bits per heavy atom. The van der Waals surface area contributed by atoms with E-state index >= 15 is 0 Å². The maximum Gasteiger partial charge on any atom is 0.347 e. The summed E-state index contributed by atoms with van der Waals surface area (Å²) in [4.78, 5) is 15.1. The smallest absolute Gasteiger partial charge is 0.347 e. The van der Waals surface area contributed by atoms with E-state index in [-0.39, 0.29) is 4.88 Å². The Bertz CT molecular complexity index is 536. The van der Waals surface area contributed by atoms with Crippen LogP contribution in [0.15, 0.2) is 30.5 Å². The van der Waals surface area contributed by atoms with E-state index in [0.29, 0.717) is 11.6 Å². The van der Waals surface area contributed by atoms with E-state index in [1.807, 2.05) is 31.2 Å². The van der Waals surface area contributed by atoms with E-state index in [4.69, 9.17) is 9.84 Å². The van der Waals surface area contributed by atoms with Crippen molar-refractivity contribution in [3.8, 4) is 16.3 Å². The standard InChI is InChI=1S/C12H11NO3S/c1-2-16-9-6-4-3-5-8(9)11-13-7-10(17-11)12(14)15/h3-7H,2H2,1H3,(H,14,15). The van der Waals surface area contributed by atoms with Crippen LogP contribution >= 0.6 is 11.3 Å². The maximum atomic E-state index is 10.8. The van der Waals surface area contributed by atoms with Gasteiger partial charge >= 0.3 is 5.97 Å². The number of rotatable bonds is 4. The van der Waals surface area contributed by atoms with E-state index in [9.17, 15) is 4.79 Å². The third kappa shape index (κ3) is 2.45. The third-order valence-corrected chi connectivity index (χ3v) is 3.15. The summed E-state index contributed by atoms with van der Waals surface area (Å²) in [5, 5.41) is 9.52. The lowest BCUT2D eigenvalue weighted by Crippen LogP contribution is -1.93. The fourth-order valence-electron chi connectivity index (χ4n) is 1.42. The first-order chi connectivity index (χ1) is 8.22.